The first kappa shape index (κ1) is 20.5. The number of benzene rings is 1. The molecule has 7 nitrogen and oxygen atoms in total. The van der Waals surface area contributed by atoms with E-state index in [2.05, 4.69) is 10.2 Å². The lowest BCUT2D eigenvalue weighted by Crippen LogP contribution is -2.50. The Morgan fingerprint density at radius 3 is 2.54 bits per heavy atom. The lowest BCUT2D eigenvalue weighted by molar-refractivity contribution is 0.0601. The number of carbonyl (C=O) groups is 2. The number of hydrogen-bond donors (Lipinski definition) is 1. The molecule has 2 amide bonds. The topological polar surface area (TPSA) is 71.1 Å². The average Bonchev–Trinajstić information content (AvgIpc) is 2.66. The van der Waals surface area contributed by atoms with Crippen molar-refractivity contribution < 1.29 is 19.1 Å². The first-order chi connectivity index (χ1) is 12.5. The van der Waals surface area contributed by atoms with Crippen molar-refractivity contribution in [2.75, 3.05) is 58.9 Å². The van der Waals surface area contributed by atoms with Gasteiger partial charge in [-0.2, -0.15) is 0 Å². The van der Waals surface area contributed by atoms with Gasteiger partial charge in [0.05, 0.1) is 17.7 Å². The number of urea groups is 1. The van der Waals surface area contributed by atoms with Gasteiger partial charge in [0, 0.05) is 45.6 Å². The van der Waals surface area contributed by atoms with Gasteiger partial charge in [0.1, 0.15) is 0 Å². The zero-order chi connectivity index (χ0) is 18.9. The van der Waals surface area contributed by atoms with Crippen molar-refractivity contribution in [2.24, 2.45) is 0 Å². The van der Waals surface area contributed by atoms with Crippen molar-refractivity contribution >= 4 is 29.3 Å². The van der Waals surface area contributed by atoms with E-state index in [9.17, 15) is 9.59 Å². The molecule has 1 aromatic carbocycles. The molecule has 8 heteroatoms. The van der Waals surface area contributed by atoms with Crippen LogP contribution in [0.4, 0.5) is 10.5 Å². The van der Waals surface area contributed by atoms with Crippen molar-refractivity contribution in [1.82, 2.24) is 9.80 Å². The Morgan fingerprint density at radius 2 is 1.88 bits per heavy atom. The monoisotopic (exact) mass is 383 g/mol. The standard InChI is InChI=1S/C18H26ClN3O4/c1-25-12-4-3-7-21-8-10-22(11-9-21)18(24)20-14-5-6-16(19)15(13-14)17(23)26-2/h5-6,13H,3-4,7-12H2,1-2H3,(H,20,24). The zero-order valence-electron chi connectivity index (χ0n) is 15.3. The largest absolute Gasteiger partial charge is 0.465 e. The highest BCUT2D eigenvalue weighted by Crippen LogP contribution is 2.21. The number of esters is 1. The molecule has 2 rings (SSSR count). The van der Waals surface area contributed by atoms with Crippen LogP contribution in [0.1, 0.15) is 23.2 Å². The minimum atomic E-state index is -0.534. The smallest absolute Gasteiger partial charge is 0.339 e. The fraction of sp³-hybridized carbons (Fsp3) is 0.556. The summed E-state index contributed by atoms with van der Waals surface area (Å²) in [7, 11) is 3.00. The van der Waals surface area contributed by atoms with Gasteiger partial charge in [-0.15, -0.1) is 0 Å². The van der Waals surface area contributed by atoms with Crippen LogP contribution < -0.4 is 5.32 Å². The van der Waals surface area contributed by atoms with Crippen LogP contribution in [0, 0.1) is 0 Å². The Hall–Kier alpha value is -1.83. The molecule has 0 saturated carbocycles. The Labute approximate surface area is 159 Å². The molecule has 0 atom stereocenters. The van der Waals surface area contributed by atoms with Crippen molar-refractivity contribution in [3.05, 3.63) is 28.8 Å². The second kappa shape index (κ2) is 10.4. The molecule has 0 bridgehead atoms. The Balaban J connectivity index is 1.83. The van der Waals surface area contributed by atoms with E-state index in [4.69, 9.17) is 21.1 Å². The fourth-order valence-electron chi connectivity index (χ4n) is 2.83. The molecule has 1 aliphatic heterocycles. The van der Waals surface area contributed by atoms with E-state index in [0.29, 0.717) is 18.8 Å². The van der Waals surface area contributed by atoms with Crippen LogP contribution in [0.25, 0.3) is 0 Å². The molecule has 1 heterocycles. The summed E-state index contributed by atoms with van der Waals surface area (Å²) in [5, 5.41) is 3.11. The van der Waals surface area contributed by atoms with Crippen LogP contribution in [0.2, 0.25) is 5.02 Å². The lowest BCUT2D eigenvalue weighted by Gasteiger charge is -2.34. The normalized spacial score (nSPS) is 15.0. The number of halogens is 1. The van der Waals surface area contributed by atoms with Gasteiger partial charge in [0.25, 0.3) is 0 Å². The van der Waals surface area contributed by atoms with Crippen LogP contribution in [-0.4, -0.2) is 75.4 Å². The predicted octanol–water partition coefficient (Wildman–Crippen LogP) is 2.70. The molecule has 0 radical (unpaired) electrons. The summed E-state index contributed by atoms with van der Waals surface area (Å²) in [6.45, 7) is 4.87. The summed E-state index contributed by atoms with van der Waals surface area (Å²) in [5.74, 6) is -0.534. The lowest BCUT2D eigenvalue weighted by atomic mass is 10.2. The Bertz CT molecular complexity index is 618. The maximum atomic E-state index is 12.4. The van der Waals surface area contributed by atoms with Gasteiger partial charge >= 0.3 is 12.0 Å². The summed E-state index contributed by atoms with van der Waals surface area (Å²) in [6.07, 6.45) is 2.15. The average molecular weight is 384 g/mol. The first-order valence-corrected chi connectivity index (χ1v) is 9.08. The maximum Gasteiger partial charge on any atom is 0.339 e. The third-order valence-electron chi connectivity index (χ3n) is 4.36. The number of anilines is 1. The SMILES string of the molecule is COCCCCN1CCN(C(=O)Nc2ccc(Cl)c(C(=O)OC)c2)CC1. The number of unbranched alkanes of at least 4 members (excludes halogenated alkanes) is 1. The minimum Gasteiger partial charge on any atom is -0.465 e. The number of carbonyl (C=O) groups excluding carboxylic acids is 2. The van der Waals surface area contributed by atoms with Crippen molar-refractivity contribution in [3.8, 4) is 0 Å². The minimum absolute atomic E-state index is 0.179. The number of methoxy groups -OCH3 is 2. The van der Waals surface area contributed by atoms with E-state index in [1.165, 1.54) is 13.2 Å². The number of nitrogens with zero attached hydrogens (tertiary/aromatic N) is 2. The highest BCUT2D eigenvalue weighted by molar-refractivity contribution is 6.33. The van der Waals surface area contributed by atoms with Crippen molar-refractivity contribution in [1.29, 1.82) is 0 Å². The summed E-state index contributed by atoms with van der Waals surface area (Å²) in [5.41, 5.74) is 0.745. The second-order valence-corrected chi connectivity index (χ2v) is 6.55. The molecule has 0 unspecified atom stereocenters. The molecule has 0 aromatic heterocycles. The van der Waals surface area contributed by atoms with Crippen LogP contribution in [0.5, 0.6) is 0 Å². The van der Waals surface area contributed by atoms with Crippen LogP contribution in [-0.2, 0) is 9.47 Å². The zero-order valence-corrected chi connectivity index (χ0v) is 16.1. The van der Waals surface area contributed by atoms with E-state index < -0.39 is 5.97 Å². The van der Waals surface area contributed by atoms with Gasteiger partial charge < -0.3 is 19.7 Å². The Kier molecular flexibility index (Phi) is 8.15. The molecule has 1 fully saturated rings. The number of rotatable bonds is 7. The van der Waals surface area contributed by atoms with Crippen LogP contribution in [0.3, 0.4) is 0 Å². The molecule has 1 aliphatic rings. The first-order valence-electron chi connectivity index (χ1n) is 8.70. The number of nitrogens with one attached hydrogen (secondary N) is 1. The van der Waals surface area contributed by atoms with E-state index in [-0.39, 0.29) is 16.6 Å². The fourth-order valence-corrected chi connectivity index (χ4v) is 3.02. The number of piperazine rings is 1. The molecule has 0 aliphatic carbocycles. The Morgan fingerprint density at radius 1 is 1.15 bits per heavy atom. The van der Waals surface area contributed by atoms with Crippen molar-refractivity contribution in [3.63, 3.8) is 0 Å². The van der Waals surface area contributed by atoms with Gasteiger partial charge in [-0.05, 0) is 37.6 Å². The van der Waals surface area contributed by atoms with Crippen molar-refractivity contribution in [2.45, 2.75) is 12.8 Å². The third-order valence-corrected chi connectivity index (χ3v) is 4.68. The van der Waals surface area contributed by atoms with Gasteiger partial charge in [0.15, 0.2) is 0 Å². The molecule has 1 aromatic rings. The predicted molar refractivity (Wildman–Crippen MR) is 101 cm³/mol. The molecule has 1 N–H and O–H groups in total. The van der Waals surface area contributed by atoms with E-state index in [1.54, 1.807) is 24.1 Å². The van der Waals surface area contributed by atoms with Gasteiger partial charge in [0.2, 0.25) is 0 Å². The summed E-state index contributed by atoms with van der Waals surface area (Å²) in [4.78, 5) is 28.3. The van der Waals surface area contributed by atoms with E-state index in [0.717, 1.165) is 39.1 Å². The summed E-state index contributed by atoms with van der Waals surface area (Å²) in [6, 6.07) is 4.58. The van der Waals surface area contributed by atoms with Crippen LogP contribution >= 0.6 is 11.6 Å². The molecule has 144 valence electrons. The van der Waals surface area contributed by atoms with E-state index in [1.807, 2.05) is 0 Å². The summed E-state index contributed by atoms with van der Waals surface area (Å²) < 4.78 is 9.75. The third kappa shape index (κ3) is 5.86. The quantitative estimate of drug-likeness (QED) is 0.579. The molecule has 1 saturated heterocycles. The molecule has 26 heavy (non-hydrogen) atoms. The number of hydrogen-bond acceptors (Lipinski definition) is 5. The number of ether oxygens (including phenoxy) is 2. The maximum absolute atomic E-state index is 12.4. The van der Waals surface area contributed by atoms with E-state index >= 15 is 0 Å². The van der Waals surface area contributed by atoms with Gasteiger partial charge in [-0.1, -0.05) is 11.6 Å². The molecular formula is C18H26ClN3O4. The number of amides is 2. The summed E-state index contributed by atoms with van der Waals surface area (Å²) >= 11 is 6.00. The molecular weight excluding hydrogens is 358 g/mol. The highest BCUT2D eigenvalue weighted by Gasteiger charge is 2.21. The van der Waals surface area contributed by atoms with Gasteiger partial charge in [-0.3, -0.25) is 4.90 Å². The van der Waals surface area contributed by atoms with Gasteiger partial charge in [-0.25, -0.2) is 9.59 Å². The highest BCUT2D eigenvalue weighted by atomic mass is 35.5. The van der Waals surface area contributed by atoms with Crippen LogP contribution in [0.15, 0.2) is 18.2 Å². The molecule has 0 spiro atoms. The second-order valence-electron chi connectivity index (χ2n) is 6.14.